The smallest absolute Gasteiger partial charge is 0.131 e. The molecule has 1 fully saturated rings. The molecule has 11 heavy (non-hydrogen) atoms. The van der Waals surface area contributed by atoms with Crippen LogP contribution in [0.15, 0.2) is 30.0 Å². The first-order valence-corrected chi connectivity index (χ1v) is 3.90. The molecule has 1 saturated heterocycles. The van der Waals surface area contributed by atoms with Gasteiger partial charge in [-0.2, -0.15) is 0 Å². The molecule has 3 aliphatic rings. The first-order chi connectivity index (χ1) is 5.43. The molecule has 1 nitrogen and oxygen atoms in total. The van der Waals surface area contributed by atoms with Gasteiger partial charge in [0.05, 0.1) is 0 Å². The molecule has 54 valence electrons. The molecule has 0 radical (unpaired) electrons. The predicted molar refractivity (Wildman–Crippen MR) is 42.9 cm³/mol. The molecule has 1 aliphatic carbocycles. The number of benzene rings is 1. The first kappa shape index (κ1) is 5.42. The molecular weight excluding hydrogens is 136 g/mol. The molecule has 2 heterocycles. The molecule has 1 atom stereocenters. The van der Waals surface area contributed by atoms with Gasteiger partial charge in [0.2, 0.25) is 0 Å². The van der Waals surface area contributed by atoms with Gasteiger partial charge in [-0.15, -0.1) is 0 Å². The predicted octanol–water partition coefficient (Wildman–Crippen LogP) is 2.50. The summed E-state index contributed by atoms with van der Waals surface area (Å²) in [5.41, 5.74) is 2.69. The van der Waals surface area contributed by atoms with Crippen LogP contribution in [-0.4, -0.2) is 0 Å². The molecule has 1 aromatic carbocycles. The third-order valence-corrected chi connectivity index (χ3v) is 2.34. The van der Waals surface area contributed by atoms with Crippen molar-refractivity contribution in [2.45, 2.75) is 12.5 Å². The van der Waals surface area contributed by atoms with E-state index in [1.807, 2.05) is 0 Å². The monoisotopic (exact) mass is 144 g/mol. The van der Waals surface area contributed by atoms with Crippen molar-refractivity contribution in [3.8, 4) is 0 Å². The van der Waals surface area contributed by atoms with Gasteiger partial charge in [-0.05, 0) is 11.6 Å². The van der Waals surface area contributed by atoms with Crippen LogP contribution in [0.3, 0.4) is 0 Å². The number of ether oxygens (including phenoxy) is 1. The average Bonchev–Trinajstić information content (AvgIpc) is 2.02. The van der Waals surface area contributed by atoms with Crippen LogP contribution in [0.2, 0.25) is 0 Å². The van der Waals surface area contributed by atoms with Crippen molar-refractivity contribution >= 4 is 6.08 Å². The summed E-state index contributed by atoms with van der Waals surface area (Å²) in [6.07, 6.45) is 3.61. The summed E-state index contributed by atoms with van der Waals surface area (Å²) in [6.45, 7) is 0. The topological polar surface area (TPSA) is 9.23 Å². The van der Waals surface area contributed by atoms with Crippen LogP contribution in [0.25, 0.3) is 6.08 Å². The molecule has 2 bridgehead atoms. The third-order valence-electron chi connectivity index (χ3n) is 2.34. The quantitative estimate of drug-likeness (QED) is 0.543. The Morgan fingerprint density at radius 3 is 2.91 bits per heavy atom. The molecule has 0 spiro atoms. The Hall–Kier alpha value is -1.24. The highest BCUT2D eigenvalue weighted by Crippen LogP contribution is 2.44. The van der Waals surface area contributed by atoms with Gasteiger partial charge in [0.1, 0.15) is 11.9 Å². The summed E-state index contributed by atoms with van der Waals surface area (Å²) >= 11 is 0. The fourth-order valence-electron chi connectivity index (χ4n) is 1.73. The van der Waals surface area contributed by atoms with E-state index in [1.165, 1.54) is 11.1 Å². The second kappa shape index (κ2) is 1.67. The van der Waals surface area contributed by atoms with Crippen molar-refractivity contribution in [2.75, 3.05) is 0 Å². The molecular formula is C10H8O. The van der Waals surface area contributed by atoms with Crippen LogP contribution in [0, 0.1) is 0 Å². The highest BCUT2D eigenvalue weighted by Gasteiger charge is 2.32. The normalized spacial score (nSPS) is 24.4. The van der Waals surface area contributed by atoms with E-state index in [0.29, 0.717) is 6.10 Å². The van der Waals surface area contributed by atoms with E-state index in [-0.39, 0.29) is 0 Å². The minimum absolute atomic E-state index is 0.367. The minimum Gasteiger partial charge on any atom is -0.489 e. The summed E-state index contributed by atoms with van der Waals surface area (Å²) in [4.78, 5) is 0. The molecule has 0 saturated carbocycles. The average molecular weight is 144 g/mol. The molecule has 0 aromatic heterocycles. The zero-order chi connectivity index (χ0) is 7.26. The highest BCUT2D eigenvalue weighted by atomic mass is 16.5. The second-order valence-electron chi connectivity index (χ2n) is 3.05. The van der Waals surface area contributed by atoms with Crippen LogP contribution in [0.1, 0.15) is 23.7 Å². The van der Waals surface area contributed by atoms with Crippen LogP contribution in [0.5, 0.6) is 0 Å². The summed E-state index contributed by atoms with van der Waals surface area (Å²) in [5.74, 6) is 1.15. The SMILES string of the molecule is C1=C2CC(O2)c2ccccc21. The van der Waals surface area contributed by atoms with Gasteiger partial charge >= 0.3 is 0 Å². The van der Waals surface area contributed by atoms with Crippen LogP contribution >= 0.6 is 0 Å². The maximum absolute atomic E-state index is 5.46. The Bertz CT molecular complexity index is 330. The van der Waals surface area contributed by atoms with Crippen molar-refractivity contribution in [1.29, 1.82) is 0 Å². The zero-order valence-corrected chi connectivity index (χ0v) is 6.08. The van der Waals surface area contributed by atoms with E-state index in [2.05, 4.69) is 30.3 Å². The number of rotatable bonds is 0. The van der Waals surface area contributed by atoms with E-state index >= 15 is 0 Å². The molecule has 0 N–H and O–H groups in total. The second-order valence-corrected chi connectivity index (χ2v) is 3.05. The standard InChI is InChI=1S/C10H8O/c1-2-4-9-7(3-1)5-8-6-10(9)11-8/h1-5,10H,6H2. The van der Waals surface area contributed by atoms with E-state index in [4.69, 9.17) is 4.74 Å². The lowest BCUT2D eigenvalue weighted by Gasteiger charge is -2.36. The fraction of sp³-hybridized carbons (Fsp3) is 0.200. The summed E-state index contributed by atoms with van der Waals surface area (Å²) in [7, 11) is 0. The van der Waals surface area contributed by atoms with Crippen LogP contribution in [0.4, 0.5) is 0 Å². The van der Waals surface area contributed by atoms with Gasteiger partial charge in [-0.3, -0.25) is 0 Å². The maximum Gasteiger partial charge on any atom is 0.131 e. The zero-order valence-electron chi connectivity index (χ0n) is 6.08. The molecule has 2 aliphatic heterocycles. The Morgan fingerprint density at radius 2 is 2.09 bits per heavy atom. The summed E-state index contributed by atoms with van der Waals surface area (Å²) < 4.78 is 5.46. The van der Waals surface area contributed by atoms with Crippen LogP contribution < -0.4 is 0 Å². The molecule has 1 heteroatoms. The van der Waals surface area contributed by atoms with Gasteiger partial charge in [0.15, 0.2) is 0 Å². The van der Waals surface area contributed by atoms with Gasteiger partial charge < -0.3 is 4.74 Å². The number of hydrogen-bond acceptors (Lipinski definition) is 1. The van der Waals surface area contributed by atoms with Gasteiger partial charge in [0.25, 0.3) is 0 Å². The van der Waals surface area contributed by atoms with Gasteiger partial charge in [-0.1, -0.05) is 24.3 Å². The highest BCUT2D eigenvalue weighted by molar-refractivity contribution is 5.61. The van der Waals surface area contributed by atoms with Crippen molar-refractivity contribution < 1.29 is 4.74 Å². The van der Waals surface area contributed by atoms with E-state index in [1.54, 1.807) is 0 Å². The van der Waals surface area contributed by atoms with Gasteiger partial charge in [-0.25, -0.2) is 0 Å². The Kier molecular flexibility index (Phi) is 0.823. The van der Waals surface area contributed by atoms with E-state index in [0.717, 1.165) is 12.2 Å². The Balaban J connectivity index is 2.27. The first-order valence-electron chi connectivity index (χ1n) is 3.90. The van der Waals surface area contributed by atoms with Crippen LogP contribution in [-0.2, 0) is 4.74 Å². The summed E-state index contributed by atoms with van der Waals surface area (Å²) in [6, 6.07) is 8.43. The van der Waals surface area contributed by atoms with Crippen molar-refractivity contribution in [3.63, 3.8) is 0 Å². The van der Waals surface area contributed by atoms with E-state index < -0.39 is 0 Å². The third kappa shape index (κ3) is 0.603. The van der Waals surface area contributed by atoms with Crippen molar-refractivity contribution in [2.24, 2.45) is 0 Å². The minimum atomic E-state index is 0.367. The molecule has 0 amide bonds. The van der Waals surface area contributed by atoms with E-state index in [9.17, 15) is 0 Å². The Labute approximate surface area is 65.3 Å². The fourth-order valence-corrected chi connectivity index (χ4v) is 1.73. The maximum atomic E-state index is 5.46. The Morgan fingerprint density at radius 1 is 1.27 bits per heavy atom. The summed E-state index contributed by atoms with van der Waals surface area (Å²) in [5, 5.41) is 0. The number of hydrogen-bond donors (Lipinski definition) is 0. The molecule has 4 rings (SSSR count). The lowest BCUT2D eigenvalue weighted by molar-refractivity contribution is 0.0176. The lowest BCUT2D eigenvalue weighted by atomic mass is 9.90. The lowest BCUT2D eigenvalue weighted by Crippen LogP contribution is -2.21. The largest absolute Gasteiger partial charge is 0.489 e. The van der Waals surface area contributed by atoms with Gasteiger partial charge in [0, 0.05) is 12.0 Å². The van der Waals surface area contributed by atoms with Crippen molar-refractivity contribution in [1.82, 2.24) is 0 Å². The molecule has 1 unspecified atom stereocenters. The van der Waals surface area contributed by atoms with Crippen molar-refractivity contribution in [3.05, 3.63) is 41.2 Å². The molecule has 1 aromatic rings.